The maximum Gasteiger partial charge on any atom is 0.319 e. The van der Waals surface area contributed by atoms with Gasteiger partial charge in [0.2, 0.25) is 0 Å². The lowest BCUT2D eigenvalue weighted by atomic mass is 9.72. The van der Waals surface area contributed by atoms with Gasteiger partial charge < -0.3 is 10.5 Å². The molecule has 26 heavy (non-hydrogen) atoms. The summed E-state index contributed by atoms with van der Waals surface area (Å²) in [6, 6.07) is 0. The fraction of sp³-hybridized carbons (Fsp3) is 0.632. The molecule has 1 aliphatic carbocycles. The van der Waals surface area contributed by atoms with Crippen LogP contribution < -0.4 is 5.73 Å². The minimum absolute atomic E-state index is 0.252. The Hall–Kier alpha value is -1.34. The average Bonchev–Trinajstić information content (AvgIpc) is 2.91. The van der Waals surface area contributed by atoms with E-state index in [1.807, 2.05) is 0 Å². The van der Waals surface area contributed by atoms with Crippen LogP contribution in [0.1, 0.15) is 51.5 Å². The van der Waals surface area contributed by atoms with E-state index in [9.17, 15) is 4.79 Å². The van der Waals surface area contributed by atoms with Gasteiger partial charge in [-0.3, -0.25) is 4.79 Å². The number of nitrogen functional groups attached to an aromatic ring is 1. The second-order valence-electron chi connectivity index (χ2n) is 7.89. The number of thiophene rings is 1. The Balaban J connectivity index is 1.90. The molecule has 0 fully saturated rings. The van der Waals surface area contributed by atoms with Crippen molar-refractivity contribution in [2.75, 3.05) is 12.3 Å². The number of ether oxygens (including phenoxy) is 1. The highest BCUT2D eigenvalue weighted by atomic mass is 32.2. The smallest absolute Gasteiger partial charge is 0.319 e. The first-order valence-corrected chi connectivity index (χ1v) is 10.8. The Morgan fingerprint density at radius 1 is 1.42 bits per heavy atom. The predicted octanol–water partition coefficient (Wildman–Crippen LogP) is 4.47. The van der Waals surface area contributed by atoms with Crippen molar-refractivity contribution in [1.29, 1.82) is 0 Å². The fourth-order valence-corrected chi connectivity index (χ4v) is 5.58. The zero-order chi connectivity index (χ0) is 19.1. The summed E-state index contributed by atoms with van der Waals surface area (Å²) < 4.78 is 5.06. The summed E-state index contributed by atoms with van der Waals surface area (Å²) in [6.07, 6.45) is 3.30. The fourth-order valence-electron chi connectivity index (χ4n) is 3.44. The molecule has 2 aromatic heterocycles. The second kappa shape index (κ2) is 7.35. The molecular formula is C19H27N3O2S2. The molecule has 0 aromatic carbocycles. The van der Waals surface area contributed by atoms with Crippen LogP contribution in [-0.4, -0.2) is 27.8 Å². The zero-order valence-electron chi connectivity index (χ0n) is 16.1. The lowest BCUT2D eigenvalue weighted by Crippen LogP contribution is -2.26. The molecule has 2 atom stereocenters. The van der Waals surface area contributed by atoms with Gasteiger partial charge in [-0.15, -0.1) is 11.3 Å². The molecule has 3 rings (SSSR count). The van der Waals surface area contributed by atoms with Gasteiger partial charge in [0.15, 0.2) is 5.16 Å². The van der Waals surface area contributed by atoms with Gasteiger partial charge in [-0.25, -0.2) is 9.97 Å². The van der Waals surface area contributed by atoms with Crippen molar-refractivity contribution < 1.29 is 9.53 Å². The highest BCUT2D eigenvalue weighted by Crippen LogP contribution is 2.44. The summed E-state index contributed by atoms with van der Waals surface area (Å²) in [7, 11) is 0. The number of nitrogens with two attached hydrogens (primary N) is 1. The maximum atomic E-state index is 11.9. The largest absolute Gasteiger partial charge is 0.465 e. The van der Waals surface area contributed by atoms with Crippen LogP contribution in [-0.2, 0) is 22.4 Å². The molecule has 7 heteroatoms. The van der Waals surface area contributed by atoms with Crippen molar-refractivity contribution in [2.45, 2.75) is 64.3 Å². The summed E-state index contributed by atoms with van der Waals surface area (Å²) in [5.41, 5.74) is 7.92. The van der Waals surface area contributed by atoms with Crippen molar-refractivity contribution in [3.63, 3.8) is 0 Å². The third kappa shape index (κ3) is 3.83. The molecule has 0 amide bonds. The number of rotatable bonds is 4. The third-order valence-electron chi connectivity index (χ3n) is 5.04. The summed E-state index contributed by atoms with van der Waals surface area (Å²) in [4.78, 5) is 23.3. The van der Waals surface area contributed by atoms with E-state index >= 15 is 0 Å². The number of fused-ring (bicyclic) bond motifs is 3. The molecule has 1 unspecified atom stereocenters. The molecule has 0 spiro atoms. The SMILES string of the molecule is CCOC(=O)[C@H](C)Sc1nc(N)c2c3c(sc2n1)CC(C(C)(C)C)CC3. The molecule has 5 nitrogen and oxygen atoms in total. The number of esters is 1. The quantitative estimate of drug-likeness (QED) is 0.469. The first-order valence-electron chi connectivity index (χ1n) is 9.11. The van der Waals surface area contributed by atoms with Gasteiger partial charge >= 0.3 is 5.97 Å². The lowest BCUT2D eigenvalue weighted by Gasteiger charge is -2.33. The summed E-state index contributed by atoms with van der Waals surface area (Å²) >= 11 is 3.03. The minimum Gasteiger partial charge on any atom is -0.465 e. The van der Waals surface area contributed by atoms with Crippen LogP contribution in [0.15, 0.2) is 5.16 Å². The second-order valence-corrected chi connectivity index (χ2v) is 10.3. The summed E-state index contributed by atoms with van der Waals surface area (Å²) in [5, 5.41) is 1.21. The van der Waals surface area contributed by atoms with E-state index in [1.165, 1.54) is 28.6 Å². The molecular weight excluding hydrogens is 366 g/mol. The molecule has 2 heterocycles. The first-order chi connectivity index (χ1) is 12.2. The van der Waals surface area contributed by atoms with E-state index in [-0.39, 0.29) is 11.2 Å². The number of anilines is 1. The van der Waals surface area contributed by atoms with Gasteiger partial charge in [0.1, 0.15) is 15.9 Å². The molecule has 142 valence electrons. The number of carbonyl (C=O) groups excluding carboxylic acids is 1. The maximum absolute atomic E-state index is 11.9. The average molecular weight is 394 g/mol. The van der Waals surface area contributed by atoms with E-state index in [0.717, 1.165) is 23.1 Å². The number of nitrogens with zero attached hydrogens (tertiary/aromatic N) is 2. The van der Waals surface area contributed by atoms with Crippen LogP contribution in [0.4, 0.5) is 5.82 Å². The number of hydrogen-bond acceptors (Lipinski definition) is 7. The van der Waals surface area contributed by atoms with Gasteiger partial charge in [-0.1, -0.05) is 32.5 Å². The molecule has 1 aliphatic rings. The number of thioether (sulfide) groups is 1. The van der Waals surface area contributed by atoms with Gasteiger partial charge in [0.25, 0.3) is 0 Å². The number of hydrogen-bond donors (Lipinski definition) is 1. The Kier molecular flexibility index (Phi) is 5.49. The van der Waals surface area contributed by atoms with E-state index in [0.29, 0.717) is 28.9 Å². The Labute approximate surface area is 163 Å². The molecule has 0 saturated carbocycles. The van der Waals surface area contributed by atoms with Crippen LogP contribution in [0, 0.1) is 11.3 Å². The minimum atomic E-state index is -0.355. The monoisotopic (exact) mass is 393 g/mol. The van der Waals surface area contributed by atoms with E-state index < -0.39 is 0 Å². The molecule has 2 aromatic rings. The van der Waals surface area contributed by atoms with Crippen molar-refractivity contribution in [3.8, 4) is 0 Å². The van der Waals surface area contributed by atoms with Crippen molar-refractivity contribution >= 4 is 45.1 Å². The Morgan fingerprint density at radius 3 is 2.81 bits per heavy atom. The van der Waals surface area contributed by atoms with Crippen molar-refractivity contribution in [3.05, 3.63) is 10.4 Å². The highest BCUT2D eigenvalue weighted by molar-refractivity contribution is 8.00. The molecule has 0 bridgehead atoms. The van der Waals surface area contributed by atoms with E-state index in [1.54, 1.807) is 25.2 Å². The third-order valence-corrected chi connectivity index (χ3v) is 7.13. The molecule has 2 N–H and O–H groups in total. The topological polar surface area (TPSA) is 78.1 Å². The van der Waals surface area contributed by atoms with Crippen molar-refractivity contribution in [2.24, 2.45) is 11.3 Å². The predicted molar refractivity (Wildman–Crippen MR) is 109 cm³/mol. The van der Waals surface area contributed by atoms with Crippen LogP contribution in [0.25, 0.3) is 10.2 Å². The Morgan fingerprint density at radius 2 is 2.15 bits per heavy atom. The van der Waals surface area contributed by atoms with E-state index in [4.69, 9.17) is 15.5 Å². The van der Waals surface area contributed by atoms with Gasteiger partial charge in [-0.05, 0) is 50.0 Å². The lowest BCUT2D eigenvalue weighted by molar-refractivity contribution is -0.142. The number of carbonyl (C=O) groups is 1. The van der Waals surface area contributed by atoms with Gasteiger partial charge in [-0.2, -0.15) is 0 Å². The molecule has 0 saturated heterocycles. The number of aryl methyl sites for hydroxylation is 1. The van der Waals surface area contributed by atoms with Crippen molar-refractivity contribution in [1.82, 2.24) is 9.97 Å². The Bertz CT molecular complexity index is 826. The molecule has 0 radical (unpaired) electrons. The first kappa shape index (κ1) is 19.4. The van der Waals surface area contributed by atoms with E-state index in [2.05, 4.69) is 25.8 Å². The van der Waals surface area contributed by atoms with Crippen LogP contribution >= 0.6 is 23.1 Å². The highest BCUT2D eigenvalue weighted by Gasteiger charge is 2.31. The van der Waals surface area contributed by atoms with Gasteiger partial charge in [0.05, 0.1) is 12.0 Å². The van der Waals surface area contributed by atoms with Crippen LogP contribution in [0.3, 0.4) is 0 Å². The van der Waals surface area contributed by atoms with Crippen LogP contribution in [0.2, 0.25) is 0 Å². The zero-order valence-corrected chi connectivity index (χ0v) is 17.7. The van der Waals surface area contributed by atoms with Crippen LogP contribution in [0.5, 0.6) is 0 Å². The standard InChI is InChI=1S/C19H27N3O2S2/c1-6-24-17(23)10(2)25-18-21-15(20)14-12-8-7-11(19(3,4)5)9-13(12)26-16(14)22-18/h10-11H,6-9H2,1-5H3,(H2,20,21,22)/t10-,11?/m0/s1. The number of aromatic nitrogens is 2. The molecule has 0 aliphatic heterocycles. The summed E-state index contributed by atoms with van der Waals surface area (Å²) in [6.45, 7) is 10.9. The summed E-state index contributed by atoms with van der Waals surface area (Å²) in [5.74, 6) is 0.952. The van der Waals surface area contributed by atoms with Gasteiger partial charge in [0, 0.05) is 4.88 Å². The normalized spacial score (nSPS) is 18.6.